The van der Waals surface area contributed by atoms with E-state index in [1.807, 2.05) is 4.68 Å². The van der Waals surface area contributed by atoms with Gasteiger partial charge in [0, 0.05) is 31.7 Å². The first-order chi connectivity index (χ1) is 15.2. The van der Waals surface area contributed by atoms with E-state index in [4.69, 9.17) is 9.47 Å². The maximum absolute atomic E-state index is 12.4. The summed E-state index contributed by atoms with van der Waals surface area (Å²) in [4.78, 5) is 14.5. The third-order valence-electron chi connectivity index (χ3n) is 6.87. The van der Waals surface area contributed by atoms with Crippen molar-refractivity contribution in [3.8, 4) is 0 Å². The fourth-order valence-corrected chi connectivity index (χ4v) is 5.01. The number of amides is 1. The van der Waals surface area contributed by atoms with Gasteiger partial charge in [0.05, 0.1) is 44.2 Å². The molecule has 2 aliphatic heterocycles. The number of hydrogen-bond donors (Lipinski definition) is 2. The monoisotopic (exact) mass is 435 g/mol. The van der Waals surface area contributed by atoms with Gasteiger partial charge in [0.15, 0.2) is 0 Å². The van der Waals surface area contributed by atoms with Gasteiger partial charge in [0.2, 0.25) is 5.91 Å². The molecule has 2 N–H and O–H groups in total. The summed E-state index contributed by atoms with van der Waals surface area (Å²) in [5, 5.41) is 21.6. The number of aromatic nitrogens is 3. The van der Waals surface area contributed by atoms with Crippen LogP contribution in [0.4, 0.5) is 0 Å². The molecule has 1 aliphatic carbocycles. The van der Waals surface area contributed by atoms with E-state index >= 15 is 0 Å². The van der Waals surface area contributed by atoms with Gasteiger partial charge in [-0.3, -0.25) is 14.4 Å². The highest BCUT2D eigenvalue weighted by atomic mass is 16.5. The van der Waals surface area contributed by atoms with Crippen LogP contribution in [0.1, 0.15) is 63.0 Å². The van der Waals surface area contributed by atoms with Gasteiger partial charge < -0.3 is 19.9 Å². The molecule has 1 saturated carbocycles. The first kappa shape index (κ1) is 22.6. The predicted molar refractivity (Wildman–Crippen MR) is 115 cm³/mol. The lowest BCUT2D eigenvalue weighted by atomic mass is 9.87. The van der Waals surface area contributed by atoms with Crippen LogP contribution in [-0.2, 0) is 20.8 Å². The molecule has 0 spiro atoms. The van der Waals surface area contributed by atoms with Crippen molar-refractivity contribution in [1.82, 2.24) is 25.2 Å². The zero-order valence-electron chi connectivity index (χ0n) is 18.5. The van der Waals surface area contributed by atoms with Crippen molar-refractivity contribution in [3.05, 3.63) is 11.9 Å². The number of rotatable bonds is 8. The minimum Gasteiger partial charge on any atom is -0.394 e. The van der Waals surface area contributed by atoms with Crippen LogP contribution in [0.15, 0.2) is 6.20 Å². The predicted octanol–water partition coefficient (Wildman–Crippen LogP) is 1.07. The van der Waals surface area contributed by atoms with Crippen LogP contribution < -0.4 is 5.32 Å². The zero-order valence-corrected chi connectivity index (χ0v) is 18.5. The maximum atomic E-state index is 12.4. The maximum Gasteiger partial charge on any atom is 0.234 e. The lowest BCUT2D eigenvalue weighted by Crippen LogP contribution is -2.53. The second-order valence-electron chi connectivity index (χ2n) is 9.15. The largest absolute Gasteiger partial charge is 0.394 e. The molecular formula is C22H37N5O4. The Kier molecular flexibility index (Phi) is 8.29. The summed E-state index contributed by atoms with van der Waals surface area (Å²) < 4.78 is 13.4. The van der Waals surface area contributed by atoms with Crippen molar-refractivity contribution >= 4 is 5.91 Å². The van der Waals surface area contributed by atoms with Crippen molar-refractivity contribution in [3.63, 3.8) is 0 Å². The average molecular weight is 436 g/mol. The average Bonchev–Trinajstić information content (AvgIpc) is 3.29. The molecule has 0 radical (unpaired) electrons. The molecule has 3 aliphatic rings. The van der Waals surface area contributed by atoms with Gasteiger partial charge in [0.1, 0.15) is 6.10 Å². The summed E-state index contributed by atoms with van der Waals surface area (Å²) in [6, 6.07) is -0.140. The quantitative estimate of drug-likeness (QED) is 0.630. The number of aliphatic hydroxyl groups excluding tert-OH is 1. The van der Waals surface area contributed by atoms with Crippen LogP contribution in [0.5, 0.6) is 0 Å². The SMILES string of the molecule is O=C(CN1CCOCC1)N[C@H]1CC[C@H](CCn2cc(C3CCCCC3)nn2)O[C@@H]1CO. The Bertz CT molecular complexity index is 687. The Morgan fingerprint density at radius 3 is 2.74 bits per heavy atom. The number of nitrogens with zero attached hydrogens (tertiary/aromatic N) is 4. The molecule has 0 unspecified atom stereocenters. The third-order valence-corrected chi connectivity index (χ3v) is 6.87. The molecule has 2 saturated heterocycles. The molecule has 3 heterocycles. The Morgan fingerprint density at radius 2 is 1.97 bits per heavy atom. The van der Waals surface area contributed by atoms with Crippen LogP contribution in [0.25, 0.3) is 0 Å². The molecule has 1 aromatic rings. The highest BCUT2D eigenvalue weighted by Gasteiger charge is 2.32. The summed E-state index contributed by atoms with van der Waals surface area (Å²) in [5.74, 6) is 0.555. The zero-order chi connectivity index (χ0) is 21.5. The van der Waals surface area contributed by atoms with E-state index in [9.17, 15) is 9.90 Å². The molecule has 0 aromatic carbocycles. The number of aryl methyl sites for hydroxylation is 1. The molecule has 1 aromatic heterocycles. The number of aliphatic hydroxyl groups is 1. The van der Waals surface area contributed by atoms with Gasteiger partial charge in [0.25, 0.3) is 0 Å². The van der Waals surface area contributed by atoms with Gasteiger partial charge in [-0.05, 0) is 32.1 Å². The van der Waals surface area contributed by atoms with Crippen molar-refractivity contribution in [2.24, 2.45) is 0 Å². The minimum absolute atomic E-state index is 0.00902. The molecule has 9 heteroatoms. The summed E-state index contributed by atoms with van der Waals surface area (Å²) >= 11 is 0. The normalized spacial score (nSPS) is 28.5. The van der Waals surface area contributed by atoms with E-state index in [1.54, 1.807) is 0 Å². The molecule has 3 fully saturated rings. The fraction of sp³-hybridized carbons (Fsp3) is 0.864. The first-order valence-corrected chi connectivity index (χ1v) is 12.0. The minimum atomic E-state index is -0.360. The second kappa shape index (κ2) is 11.4. The van der Waals surface area contributed by atoms with E-state index < -0.39 is 0 Å². The summed E-state index contributed by atoms with van der Waals surface area (Å²) in [6.45, 7) is 3.96. The van der Waals surface area contributed by atoms with Gasteiger partial charge in [-0.15, -0.1) is 5.10 Å². The Labute approximate surface area is 184 Å². The number of carbonyl (C=O) groups excluding carboxylic acids is 1. The van der Waals surface area contributed by atoms with Crippen LogP contribution in [0.2, 0.25) is 0 Å². The molecular weight excluding hydrogens is 398 g/mol. The van der Waals surface area contributed by atoms with Gasteiger partial charge in [-0.1, -0.05) is 24.5 Å². The number of morpholine rings is 1. The van der Waals surface area contributed by atoms with Gasteiger partial charge in [-0.25, -0.2) is 0 Å². The van der Waals surface area contributed by atoms with Crippen LogP contribution >= 0.6 is 0 Å². The molecule has 0 bridgehead atoms. The molecule has 174 valence electrons. The summed E-state index contributed by atoms with van der Waals surface area (Å²) in [7, 11) is 0. The summed E-state index contributed by atoms with van der Waals surface area (Å²) in [6.07, 6.45) is 10.7. The third kappa shape index (κ3) is 6.47. The van der Waals surface area contributed by atoms with Crippen molar-refractivity contribution in [2.45, 2.75) is 82.1 Å². The van der Waals surface area contributed by atoms with Crippen molar-refractivity contribution < 1.29 is 19.4 Å². The van der Waals surface area contributed by atoms with E-state index in [-0.39, 0.29) is 30.8 Å². The lowest BCUT2D eigenvalue weighted by Gasteiger charge is -2.36. The number of carbonyl (C=O) groups is 1. The van der Waals surface area contributed by atoms with E-state index in [2.05, 4.69) is 26.7 Å². The van der Waals surface area contributed by atoms with Crippen molar-refractivity contribution in [1.29, 1.82) is 0 Å². The molecule has 4 rings (SSSR count). The molecule has 31 heavy (non-hydrogen) atoms. The first-order valence-electron chi connectivity index (χ1n) is 12.0. The van der Waals surface area contributed by atoms with Crippen LogP contribution in [0.3, 0.4) is 0 Å². The molecule has 3 atom stereocenters. The molecule has 1 amide bonds. The standard InChI is InChI=1S/C22H37N5O4/c28-16-21-19(23-22(29)15-26-10-12-30-13-11-26)7-6-18(31-21)8-9-27-14-20(24-25-27)17-4-2-1-3-5-17/h14,17-19,21,28H,1-13,15-16H2,(H,23,29)/t18-,19+,21-/m1/s1. The molecule has 9 nitrogen and oxygen atoms in total. The second-order valence-corrected chi connectivity index (χ2v) is 9.15. The fourth-order valence-electron chi connectivity index (χ4n) is 5.01. The van der Waals surface area contributed by atoms with Crippen LogP contribution in [-0.4, -0.2) is 88.6 Å². The highest BCUT2D eigenvalue weighted by Crippen LogP contribution is 2.31. The smallest absolute Gasteiger partial charge is 0.234 e. The Morgan fingerprint density at radius 1 is 1.16 bits per heavy atom. The van der Waals surface area contributed by atoms with Crippen LogP contribution in [0, 0.1) is 0 Å². The lowest BCUT2D eigenvalue weighted by molar-refractivity contribution is -0.130. The topological polar surface area (TPSA) is 102 Å². The summed E-state index contributed by atoms with van der Waals surface area (Å²) in [5.41, 5.74) is 1.13. The number of nitrogens with one attached hydrogen (secondary N) is 1. The van der Waals surface area contributed by atoms with Crippen molar-refractivity contribution in [2.75, 3.05) is 39.5 Å². The van der Waals surface area contributed by atoms with E-state index in [1.165, 1.54) is 32.1 Å². The van der Waals surface area contributed by atoms with Gasteiger partial charge in [-0.2, -0.15) is 0 Å². The highest BCUT2D eigenvalue weighted by molar-refractivity contribution is 5.78. The van der Waals surface area contributed by atoms with Gasteiger partial charge >= 0.3 is 0 Å². The van der Waals surface area contributed by atoms with E-state index in [0.717, 1.165) is 44.6 Å². The Balaban J connectivity index is 1.20. The Hall–Kier alpha value is -1.55. The number of hydrogen-bond acceptors (Lipinski definition) is 7. The van der Waals surface area contributed by atoms with E-state index in [0.29, 0.717) is 25.7 Å². The number of ether oxygens (including phenoxy) is 2.